The van der Waals surface area contributed by atoms with Gasteiger partial charge in [-0.15, -0.1) is 0 Å². The first-order chi connectivity index (χ1) is 13.7. The maximum Gasteiger partial charge on any atom is 0.234 e. The molecule has 1 aliphatic carbocycles. The molecule has 29 heavy (non-hydrogen) atoms. The summed E-state index contributed by atoms with van der Waals surface area (Å²) in [6, 6.07) is -0.109. The smallest absolute Gasteiger partial charge is 0.234 e. The zero-order valence-electron chi connectivity index (χ0n) is 17.4. The lowest BCUT2D eigenvalue weighted by Crippen LogP contribution is -2.40. The number of amides is 2. The van der Waals surface area contributed by atoms with E-state index in [9.17, 15) is 18.0 Å². The van der Waals surface area contributed by atoms with Gasteiger partial charge in [0.05, 0.1) is 41.7 Å². The zero-order valence-corrected chi connectivity index (χ0v) is 18.2. The molecule has 8 nitrogen and oxygen atoms in total. The number of hydrogen-bond acceptors (Lipinski definition) is 6. The Balaban J connectivity index is 1.46. The molecule has 3 aliphatic rings. The molecule has 1 saturated carbocycles. The fourth-order valence-corrected chi connectivity index (χ4v) is 6.87. The lowest BCUT2D eigenvalue weighted by Gasteiger charge is -2.23. The number of nitrogens with zero attached hydrogens (tertiary/aromatic N) is 4. The fourth-order valence-electron chi connectivity index (χ4n) is 5.18. The van der Waals surface area contributed by atoms with Gasteiger partial charge in [0.2, 0.25) is 11.8 Å². The van der Waals surface area contributed by atoms with E-state index in [-0.39, 0.29) is 47.9 Å². The van der Waals surface area contributed by atoms with Crippen molar-refractivity contribution >= 4 is 21.7 Å². The number of hydrogen-bond donors (Lipinski definition) is 0. The van der Waals surface area contributed by atoms with Crippen molar-refractivity contribution in [2.45, 2.75) is 58.5 Å². The first-order valence-electron chi connectivity index (χ1n) is 10.5. The molecule has 4 rings (SSSR count). The van der Waals surface area contributed by atoms with E-state index in [0.717, 1.165) is 42.6 Å². The van der Waals surface area contributed by atoms with Crippen LogP contribution in [-0.4, -0.2) is 65.0 Å². The van der Waals surface area contributed by atoms with E-state index in [1.165, 1.54) is 4.90 Å². The minimum atomic E-state index is -2.98. The molecule has 9 heteroatoms. The predicted molar refractivity (Wildman–Crippen MR) is 108 cm³/mol. The average molecular weight is 423 g/mol. The Kier molecular flexibility index (Phi) is 5.31. The standard InChI is InChI=1S/C20H30N4O4S/c1-13-18(14(2)24(21-13)15-8-9-29(27,28)11-15)10-22(3)12-23-19(25)16-6-4-5-7-17(16)20(23)26/h15-17H,4-12H2,1-3H3/t15-,16-,17+/m1/s1. The van der Waals surface area contributed by atoms with E-state index in [1.807, 2.05) is 30.5 Å². The molecular weight excluding hydrogens is 392 g/mol. The van der Waals surface area contributed by atoms with Crippen LogP contribution in [0, 0.1) is 25.7 Å². The summed E-state index contributed by atoms with van der Waals surface area (Å²) in [5.74, 6) is 0.0652. The molecule has 0 N–H and O–H groups in total. The van der Waals surface area contributed by atoms with Crippen LogP contribution in [0.4, 0.5) is 0 Å². The molecule has 2 amide bonds. The highest BCUT2D eigenvalue weighted by Gasteiger charge is 2.48. The first kappa shape index (κ1) is 20.5. The molecule has 3 fully saturated rings. The van der Waals surface area contributed by atoms with Gasteiger partial charge in [0.15, 0.2) is 9.84 Å². The number of carbonyl (C=O) groups is 2. The van der Waals surface area contributed by atoms with Crippen LogP contribution in [0.15, 0.2) is 0 Å². The molecular formula is C20H30N4O4S. The minimum Gasteiger partial charge on any atom is -0.284 e. The monoisotopic (exact) mass is 422 g/mol. The molecule has 3 atom stereocenters. The second-order valence-electron chi connectivity index (χ2n) is 8.91. The van der Waals surface area contributed by atoms with E-state index in [0.29, 0.717) is 13.0 Å². The third kappa shape index (κ3) is 3.74. The van der Waals surface area contributed by atoms with E-state index in [1.54, 1.807) is 0 Å². The third-order valence-electron chi connectivity index (χ3n) is 6.77. The minimum absolute atomic E-state index is 0.0214. The predicted octanol–water partition coefficient (Wildman–Crippen LogP) is 1.42. The Bertz CT molecular complexity index is 915. The van der Waals surface area contributed by atoms with Crippen LogP contribution >= 0.6 is 0 Å². The van der Waals surface area contributed by atoms with Gasteiger partial charge in [0.1, 0.15) is 0 Å². The number of carbonyl (C=O) groups excluding carboxylic acids is 2. The van der Waals surface area contributed by atoms with Gasteiger partial charge >= 0.3 is 0 Å². The summed E-state index contributed by atoms with van der Waals surface area (Å²) in [6.07, 6.45) is 4.30. The van der Waals surface area contributed by atoms with Crippen LogP contribution < -0.4 is 0 Å². The van der Waals surface area contributed by atoms with Gasteiger partial charge < -0.3 is 0 Å². The van der Waals surface area contributed by atoms with E-state index in [4.69, 9.17) is 0 Å². The molecule has 0 unspecified atom stereocenters. The van der Waals surface area contributed by atoms with Crippen LogP contribution in [0.2, 0.25) is 0 Å². The van der Waals surface area contributed by atoms with Crippen LogP contribution in [0.25, 0.3) is 0 Å². The molecule has 0 radical (unpaired) electrons. The van der Waals surface area contributed by atoms with E-state index < -0.39 is 9.84 Å². The van der Waals surface area contributed by atoms with Gasteiger partial charge in [-0.25, -0.2) is 8.42 Å². The number of aryl methyl sites for hydroxylation is 1. The number of aromatic nitrogens is 2. The molecule has 160 valence electrons. The number of fused-ring (bicyclic) bond motifs is 1. The zero-order chi connectivity index (χ0) is 20.9. The largest absolute Gasteiger partial charge is 0.284 e. The Morgan fingerprint density at radius 2 is 1.69 bits per heavy atom. The van der Waals surface area contributed by atoms with Crippen molar-refractivity contribution in [3.05, 3.63) is 17.0 Å². The molecule has 2 aliphatic heterocycles. The average Bonchev–Trinajstić information content (AvgIpc) is 3.25. The molecule has 1 aromatic heterocycles. The van der Waals surface area contributed by atoms with Gasteiger partial charge in [-0.3, -0.25) is 24.1 Å². The lowest BCUT2D eigenvalue weighted by molar-refractivity contribution is -0.142. The molecule has 0 spiro atoms. The normalized spacial score (nSPS) is 29.1. The highest BCUT2D eigenvalue weighted by molar-refractivity contribution is 7.91. The van der Waals surface area contributed by atoms with Crippen molar-refractivity contribution in [3.63, 3.8) is 0 Å². The number of sulfone groups is 1. The van der Waals surface area contributed by atoms with Crippen molar-refractivity contribution in [2.24, 2.45) is 11.8 Å². The van der Waals surface area contributed by atoms with Crippen LogP contribution in [-0.2, 0) is 26.0 Å². The second-order valence-corrected chi connectivity index (χ2v) is 11.1. The maximum absolute atomic E-state index is 12.7. The molecule has 1 aromatic rings. The fraction of sp³-hybridized carbons (Fsp3) is 0.750. The van der Waals surface area contributed by atoms with Crippen molar-refractivity contribution in [1.29, 1.82) is 0 Å². The Hall–Kier alpha value is -1.74. The highest BCUT2D eigenvalue weighted by Crippen LogP contribution is 2.38. The molecule has 0 aromatic carbocycles. The van der Waals surface area contributed by atoms with E-state index in [2.05, 4.69) is 5.10 Å². The van der Waals surface area contributed by atoms with Crippen LogP contribution in [0.3, 0.4) is 0 Å². The van der Waals surface area contributed by atoms with Crippen LogP contribution in [0.5, 0.6) is 0 Å². The summed E-state index contributed by atoms with van der Waals surface area (Å²) in [6.45, 7) is 4.74. The lowest BCUT2D eigenvalue weighted by atomic mass is 9.81. The summed E-state index contributed by atoms with van der Waals surface area (Å²) >= 11 is 0. The van der Waals surface area contributed by atoms with Gasteiger partial charge in [-0.05, 0) is 40.2 Å². The van der Waals surface area contributed by atoms with Gasteiger partial charge in [-0.2, -0.15) is 5.10 Å². The Morgan fingerprint density at radius 1 is 1.07 bits per heavy atom. The summed E-state index contributed by atoms with van der Waals surface area (Å²) in [5, 5.41) is 4.61. The quantitative estimate of drug-likeness (QED) is 0.667. The van der Waals surface area contributed by atoms with Crippen LogP contribution in [0.1, 0.15) is 55.1 Å². The van der Waals surface area contributed by atoms with Crippen molar-refractivity contribution in [2.75, 3.05) is 25.2 Å². The summed E-state index contributed by atoms with van der Waals surface area (Å²) < 4.78 is 25.5. The van der Waals surface area contributed by atoms with Gasteiger partial charge in [0.25, 0.3) is 0 Å². The second kappa shape index (κ2) is 7.50. The molecule has 0 bridgehead atoms. The summed E-state index contributed by atoms with van der Waals surface area (Å²) in [5.41, 5.74) is 2.86. The third-order valence-corrected chi connectivity index (χ3v) is 8.52. The Morgan fingerprint density at radius 3 is 2.24 bits per heavy atom. The van der Waals surface area contributed by atoms with Crippen molar-refractivity contribution in [1.82, 2.24) is 19.6 Å². The summed E-state index contributed by atoms with van der Waals surface area (Å²) in [7, 11) is -1.08. The maximum atomic E-state index is 12.7. The highest BCUT2D eigenvalue weighted by atomic mass is 32.2. The number of likely N-dealkylation sites (tertiary alicyclic amines) is 1. The first-order valence-corrected chi connectivity index (χ1v) is 12.3. The van der Waals surface area contributed by atoms with Gasteiger partial charge in [0, 0.05) is 17.8 Å². The SMILES string of the molecule is Cc1nn([C@@H]2CCS(=O)(=O)C2)c(C)c1CN(C)CN1C(=O)[C@H]2CCCC[C@H]2C1=O. The van der Waals surface area contributed by atoms with Crippen molar-refractivity contribution in [3.8, 4) is 0 Å². The van der Waals surface area contributed by atoms with Crippen molar-refractivity contribution < 1.29 is 18.0 Å². The summed E-state index contributed by atoms with van der Waals surface area (Å²) in [4.78, 5) is 28.8. The number of imide groups is 1. The number of rotatable bonds is 5. The van der Waals surface area contributed by atoms with E-state index >= 15 is 0 Å². The molecule has 2 saturated heterocycles. The Labute approximate surface area is 172 Å². The molecule has 3 heterocycles. The topological polar surface area (TPSA) is 92.6 Å². The van der Waals surface area contributed by atoms with Gasteiger partial charge in [-0.1, -0.05) is 12.8 Å².